The van der Waals surface area contributed by atoms with Gasteiger partial charge in [-0.3, -0.25) is 10.1 Å². The Balaban J connectivity index is 0.000000271. The van der Waals surface area contributed by atoms with E-state index in [9.17, 15) is 23.7 Å². The summed E-state index contributed by atoms with van der Waals surface area (Å²) in [4.78, 5) is 23.3. The second-order valence-electron chi connectivity index (χ2n) is 8.17. The van der Waals surface area contributed by atoms with Crippen LogP contribution < -0.4 is 25.8 Å². The van der Waals surface area contributed by atoms with Crippen molar-refractivity contribution >= 4 is 28.7 Å². The Morgan fingerprint density at radius 3 is 2.32 bits per heavy atom. The van der Waals surface area contributed by atoms with Gasteiger partial charge in [0.15, 0.2) is 0 Å². The number of carbonyl (C=O) groups excluding carboxylic acids is 1. The van der Waals surface area contributed by atoms with Gasteiger partial charge in [0.25, 0.3) is 0 Å². The Bertz CT molecular complexity index is 1240. The highest BCUT2D eigenvalue weighted by Gasteiger charge is 2.18. The fourth-order valence-corrected chi connectivity index (χ4v) is 3.02. The molecule has 3 aromatic carbocycles. The van der Waals surface area contributed by atoms with Crippen LogP contribution >= 0.6 is 0 Å². The summed E-state index contributed by atoms with van der Waals surface area (Å²) < 4.78 is 37.3. The second-order valence-corrected chi connectivity index (χ2v) is 8.17. The van der Waals surface area contributed by atoms with Crippen LogP contribution in [0.15, 0.2) is 54.6 Å². The van der Waals surface area contributed by atoms with Gasteiger partial charge >= 0.3 is 11.7 Å². The molecule has 0 fully saturated rings. The lowest BCUT2D eigenvalue weighted by Gasteiger charge is -2.15. The molecule has 0 bridgehead atoms. The smallest absolute Gasteiger partial charge is 0.346 e. The van der Waals surface area contributed by atoms with Crippen LogP contribution in [0.3, 0.4) is 0 Å². The zero-order chi connectivity index (χ0) is 27.5. The summed E-state index contributed by atoms with van der Waals surface area (Å²) in [5.74, 6) is -2.60. The van der Waals surface area contributed by atoms with Gasteiger partial charge < -0.3 is 25.8 Å². The van der Waals surface area contributed by atoms with E-state index >= 15 is 0 Å². The number of nitro groups is 1. The van der Waals surface area contributed by atoms with E-state index in [1.165, 1.54) is 18.9 Å². The van der Waals surface area contributed by atoms with Crippen molar-refractivity contribution in [2.45, 2.75) is 26.2 Å². The molecule has 0 spiro atoms. The minimum atomic E-state index is -1.16. The van der Waals surface area contributed by atoms with Crippen molar-refractivity contribution < 1.29 is 28.0 Å². The molecule has 0 atom stereocenters. The molecule has 0 unspecified atom stereocenters. The highest BCUT2D eigenvalue weighted by molar-refractivity contribution is 5.91. The van der Waals surface area contributed by atoms with Crippen LogP contribution in [0.5, 0.6) is 11.5 Å². The molecule has 0 amide bonds. The molecule has 4 N–H and O–H groups in total. The van der Waals surface area contributed by atoms with Crippen molar-refractivity contribution in [3.05, 3.63) is 81.9 Å². The van der Waals surface area contributed by atoms with E-state index in [-0.39, 0.29) is 17.0 Å². The molecule has 0 aliphatic rings. The Hall–Kier alpha value is -4.41. The lowest BCUT2D eigenvalue weighted by atomic mass is 10.2. The standard InChI is InChI=1S/C13H8F2N2O4.C13H22N2O/c14-10-5-7(16)1-3-9(10)13(18)21-8-2-4-12(17(19)20)11(15)6-8;1-4-5-6-9-16-13-10-11(15(2)3)7-8-12(13)14/h1-6H,16H2;7-8,10H,4-6,9,14H2,1-3H3. The zero-order valence-corrected chi connectivity index (χ0v) is 20.9. The van der Waals surface area contributed by atoms with Crippen LogP contribution in [0.4, 0.5) is 31.5 Å². The third-order valence-electron chi connectivity index (χ3n) is 5.06. The number of ether oxygens (including phenoxy) is 2. The average Bonchev–Trinajstić information content (AvgIpc) is 2.83. The van der Waals surface area contributed by atoms with E-state index in [0.29, 0.717) is 11.8 Å². The maximum atomic E-state index is 13.5. The lowest BCUT2D eigenvalue weighted by Crippen LogP contribution is -2.11. The van der Waals surface area contributed by atoms with Crippen molar-refractivity contribution in [3.8, 4) is 11.5 Å². The number of carbonyl (C=O) groups is 1. The van der Waals surface area contributed by atoms with E-state index in [1.54, 1.807) is 0 Å². The molecule has 9 nitrogen and oxygen atoms in total. The van der Waals surface area contributed by atoms with Gasteiger partial charge in [-0.15, -0.1) is 0 Å². The molecular formula is C26H30F2N4O5. The van der Waals surface area contributed by atoms with E-state index < -0.39 is 28.2 Å². The third kappa shape index (κ3) is 8.64. The van der Waals surface area contributed by atoms with Crippen molar-refractivity contribution in [1.82, 2.24) is 0 Å². The Morgan fingerprint density at radius 1 is 1.00 bits per heavy atom. The van der Waals surface area contributed by atoms with Crippen LogP contribution in [-0.2, 0) is 0 Å². The minimum absolute atomic E-state index is 0.130. The highest BCUT2D eigenvalue weighted by atomic mass is 19.1. The van der Waals surface area contributed by atoms with Gasteiger partial charge in [0.05, 0.1) is 22.8 Å². The number of nitrogen functional groups attached to an aromatic ring is 2. The first kappa shape index (κ1) is 28.8. The molecule has 0 aromatic heterocycles. The van der Waals surface area contributed by atoms with Crippen molar-refractivity contribution in [1.29, 1.82) is 0 Å². The molecule has 0 aliphatic heterocycles. The van der Waals surface area contributed by atoms with Crippen molar-refractivity contribution in [3.63, 3.8) is 0 Å². The number of esters is 1. The monoisotopic (exact) mass is 516 g/mol. The Labute approximate surface area is 213 Å². The summed E-state index contributed by atoms with van der Waals surface area (Å²) in [6.07, 6.45) is 3.49. The zero-order valence-electron chi connectivity index (χ0n) is 20.9. The molecular weight excluding hydrogens is 486 g/mol. The maximum Gasteiger partial charge on any atom is 0.346 e. The first-order valence-corrected chi connectivity index (χ1v) is 11.4. The largest absolute Gasteiger partial charge is 0.491 e. The average molecular weight is 517 g/mol. The molecule has 3 aromatic rings. The van der Waals surface area contributed by atoms with E-state index in [1.807, 2.05) is 37.2 Å². The summed E-state index contributed by atoms with van der Waals surface area (Å²) in [5.41, 5.74) is 12.0. The topological polar surface area (TPSA) is 134 Å². The fourth-order valence-electron chi connectivity index (χ4n) is 3.02. The number of hydrogen-bond donors (Lipinski definition) is 2. The van der Waals surface area contributed by atoms with Gasteiger partial charge in [0.1, 0.15) is 17.3 Å². The van der Waals surface area contributed by atoms with Crippen molar-refractivity contribution in [2.24, 2.45) is 0 Å². The summed E-state index contributed by atoms with van der Waals surface area (Å²) in [6.45, 7) is 2.93. The number of nitro benzene ring substituents is 1. The molecule has 11 heteroatoms. The van der Waals surface area contributed by atoms with Gasteiger partial charge in [0, 0.05) is 43.7 Å². The molecule has 0 heterocycles. The summed E-state index contributed by atoms with van der Waals surface area (Å²) in [5, 5.41) is 10.4. The molecule has 198 valence electrons. The first-order valence-electron chi connectivity index (χ1n) is 11.4. The first-order chi connectivity index (χ1) is 17.5. The van der Waals surface area contributed by atoms with Crippen molar-refractivity contribution in [2.75, 3.05) is 37.1 Å². The fraction of sp³-hybridized carbons (Fsp3) is 0.269. The summed E-state index contributed by atoms with van der Waals surface area (Å²) in [6, 6.07) is 11.8. The normalized spacial score (nSPS) is 10.2. The molecule has 0 saturated carbocycles. The van der Waals surface area contributed by atoms with Gasteiger partial charge in [-0.25, -0.2) is 9.18 Å². The Morgan fingerprint density at radius 2 is 1.73 bits per heavy atom. The lowest BCUT2D eigenvalue weighted by molar-refractivity contribution is -0.387. The third-order valence-corrected chi connectivity index (χ3v) is 5.06. The number of hydrogen-bond acceptors (Lipinski definition) is 8. The quantitative estimate of drug-likeness (QED) is 0.0940. The van der Waals surface area contributed by atoms with Crippen LogP contribution in [-0.4, -0.2) is 31.6 Å². The summed E-state index contributed by atoms with van der Waals surface area (Å²) >= 11 is 0. The van der Waals surface area contributed by atoms with Gasteiger partial charge in [-0.05, 0) is 42.8 Å². The molecule has 0 saturated heterocycles. The predicted molar refractivity (Wildman–Crippen MR) is 139 cm³/mol. The van der Waals surface area contributed by atoms with E-state index in [0.717, 1.165) is 48.7 Å². The number of rotatable bonds is 9. The van der Waals surface area contributed by atoms with Gasteiger partial charge in [-0.2, -0.15) is 4.39 Å². The van der Waals surface area contributed by atoms with Crippen LogP contribution in [0.1, 0.15) is 36.5 Å². The van der Waals surface area contributed by atoms with Crippen LogP contribution in [0.25, 0.3) is 0 Å². The highest BCUT2D eigenvalue weighted by Crippen LogP contribution is 2.27. The van der Waals surface area contributed by atoms with Gasteiger partial charge in [-0.1, -0.05) is 19.8 Å². The van der Waals surface area contributed by atoms with Crippen LogP contribution in [0, 0.1) is 21.7 Å². The molecule has 0 radical (unpaired) electrons. The SMILES string of the molecule is CCCCCOc1cc(N(C)C)ccc1N.Nc1ccc(C(=O)Oc2ccc([N+](=O)[O-])c(F)c2)c(F)c1. The number of unbranched alkanes of at least 4 members (excludes halogenated alkanes) is 2. The van der Waals surface area contributed by atoms with Crippen LogP contribution in [0.2, 0.25) is 0 Å². The van der Waals surface area contributed by atoms with Gasteiger partial charge in [0.2, 0.25) is 5.82 Å². The Kier molecular flexibility index (Phi) is 10.6. The number of nitrogens with two attached hydrogens (primary N) is 2. The number of halogens is 2. The molecule has 3 rings (SSSR count). The molecule has 37 heavy (non-hydrogen) atoms. The second kappa shape index (κ2) is 13.6. The van der Waals surface area contributed by atoms with E-state index in [2.05, 4.69) is 6.92 Å². The number of benzene rings is 3. The van der Waals surface area contributed by atoms with E-state index in [4.69, 9.17) is 20.9 Å². The summed E-state index contributed by atoms with van der Waals surface area (Å²) in [7, 11) is 4.01. The minimum Gasteiger partial charge on any atom is -0.491 e. The number of nitrogens with zero attached hydrogens (tertiary/aromatic N) is 2. The molecule has 0 aliphatic carbocycles. The predicted octanol–water partition coefficient (Wildman–Crippen LogP) is 5.58. The maximum absolute atomic E-state index is 13.5. The number of anilines is 3.